The number of ketones is 1. The van der Waals surface area contributed by atoms with Gasteiger partial charge in [0, 0.05) is 19.2 Å². The molecule has 174 valence electrons. The molecule has 4 rings (SSSR count). The normalized spacial score (nSPS) is 17.1. The molecule has 3 aromatic rings. The summed E-state index contributed by atoms with van der Waals surface area (Å²) in [7, 11) is 3.07. The van der Waals surface area contributed by atoms with Crippen LogP contribution in [0.4, 0.5) is 0 Å². The molecule has 1 aliphatic rings. The highest BCUT2D eigenvalue weighted by molar-refractivity contribution is 6.46. The zero-order valence-corrected chi connectivity index (χ0v) is 18.9. The lowest BCUT2D eigenvalue weighted by molar-refractivity contribution is -0.140. The molecule has 34 heavy (non-hydrogen) atoms. The first-order valence-electron chi connectivity index (χ1n) is 10.8. The van der Waals surface area contributed by atoms with E-state index >= 15 is 0 Å². The molecule has 0 saturated carbocycles. The Hall–Kier alpha value is -4.10. The number of hydrogen-bond donors (Lipinski definition) is 1. The zero-order valence-electron chi connectivity index (χ0n) is 18.9. The predicted octanol–water partition coefficient (Wildman–Crippen LogP) is 4.56. The highest BCUT2D eigenvalue weighted by Gasteiger charge is 2.46. The van der Waals surface area contributed by atoms with Crippen LogP contribution in [0.3, 0.4) is 0 Å². The van der Waals surface area contributed by atoms with Crippen molar-refractivity contribution in [3.63, 3.8) is 0 Å². The lowest BCUT2D eigenvalue weighted by atomic mass is 9.95. The van der Waals surface area contributed by atoms with Gasteiger partial charge < -0.3 is 24.2 Å². The third-order valence-corrected chi connectivity index (χ3v) is 5.59. The maximum Gasteiger partial charge on any atom is 0.295 e. The van der Waals surface area contributed by atoms with E-state index in [-0.39, 0.29) is 24.5 Å². The van der Waals surface area contributed by atoms with E-state index in [1.54, 1.807) is 55.6 Å². The fourth-order valence-corrected chi connectivity index (χ4v) is 3.92. The van der Waals surface area contributed by atoms with Gasteiger partial charge in [-0.1, -0.05) is 30.3 Å². The minimum Gasteiger partial charge on any atom is -0.507 e. The van der Waals surface area contributed by atoms with Gasteiger partial charge in [0.25, 0.3) is 11.7 Å². The number of Topliss-reactive ketones (excluding diaryl/α,β-unsaturated/α-hetero) is 1. The lowest BCUT2D eigenvalue weighted by Crippen LogP contribution is -2.32. The summed E-state index contributed by atoms with van der Waals surface area (Å²) >= 11 is 0. The van der Waals surface area contributed by atoms with Crippen LogP contribution in [0.15, 0.2) is 84.4 Å². The Labute approximate surface area is 197 Å². The number of carbonyl (C=O) groups excluding carboxylic acids is 2. The van der Waals surface area contributed by atoms with Crippen LogP contribution in [0, 0.1) is 0 Å². The van der Waals surface area contributed by atoms with Crippen LogP contribution in [0.25, 0.3) is 5.76 Å². The molecule has 1 amide bonds. The van der Waals surface area contributed by atoms with Gasteiger partial charge in [0.1, 0.15) is 23.0 Å². The van der Waals surface area contributed by atoms with Gasteiger partial charge in [0.15, 0.2) is 0 Å². The first kappa shape index (κ1) is 23.1. The second-order valence-electron chi connectivity index (χ2n) is 7.70. The number of hydrogen-bond acceptors (Lipinski definition) is 6. The van der Waals surface area contributed by atoms with Gasteiger partial charge >= 0.3 is 0 Å². The Morgan fingerprint density at radius 2 is 1.59 bits per heavy atom. The van der Waals surface area contributed by atoms with Crippen molar-refractivity contribution in [2.24, 2.45) is 0 Å². The SMILES string of the molecule is COCCN1C(=O)C(=O)/C(=C(/O)c2ccc(OC)cc2)[C@@H]1c1cccc(Oc2ccccc2)c1. The maximum absolute atomic E-state index is 13.1. The summed E-state index contributed by atoms with van der Waals surface area (Å²) in [6.07, 6.45) is 0. The van der Waals surface area contributed by atoms with Gasteiger partial charge in [-0.2, -0.15) is 0 Å². The van der Waals surface area contributed by atoms with Crippen LogP contribution in [0.2, 0.25) is 0 Å². The molecule has 1 fully saturated rings. The van der Waals surface area contributed by atoms with Gasteiger partial charge in [-0.3, -0.25) is 9.59 Å². The number of carbonyl (C=O) groups is 2. The van der Waals surface area contributed by atoms with Crippen LogP contribution in [0.1, 0.15) is 17.2 Å². The number of rotatable bonds is 8. The Balaban J connectivity index is 1.78. The molecular weight excluding hydrogens is 434 g/mol. The molecule has 0 spiro atoms. The number of ether oxygens (including phenoxy) is 3. The Kier molecular flexibility index (Phi) is 6.94. The molecule has 0 aliphatic carbocycles. The number of amides is 1. The second-order valence-corrected chi connectivity index (χ2v) is 7.70. The topological polar surface area (TPSA) is 85.3 Å². The quantitative estimate of drug-likeness (QED) is 0.302. The van der Waals surface area contributed by atoms with E-state index < -0.39 is 17.7 Å². The maximum atomic E-state index is 13.1. The summed E-state index contributed by atoms with van der Waals surface area (Å²) in [6.45, 7) is 0.432. The molecule has 1 atom stereocenters. The number of methoxy groups -OCH3 is 2. The summed E-state index contributed by atoms with van der Waals surface area (Å²) in [4.78, 5) is 27.4. The van der Waals surface area contributed by atoms with E-state index in [9.17, 15) is 14.7 Å². The van der Waals surface area contributed by atoms with Crippen molar-refractivity contribution >= 4 is 17.4 Å². The van der Waals surface area contributed by atoms with E-state index in [4.69, 9.17) is 14.2 Å². The molecule has 1 aliphatic heterocycles. The second kappa shape index (κ2) is 10.2. The summed E-state index contributed by atoms with van der Waals surface area (Å²) in [5.41, 5.74) is 1.06. The van der Waals surface area contributed by atoms with Crippen LogP contribution in [-0.4, -0.2) is 49.1 Å². The first-order chi connectivity index (χ1) is 16.5. The highest BCUT2D eigenvalue weighted by atomic mass is 16.5. The molecule has 7 nitrogen and oxygen atoms in total. The van der Waals surface area contributed by atoms with Crippen molar-refractivity contribution in [1.82, 2.24) is 4.90 Å². The predicted molar refractivity (Wildman–Crippen MR) is 127 cm³/mol. The third-order valence-electron chi connectivity index (χ3n) is 5.59. The van der Waals surface area contributed by atoms with Gasteiger partial charge in [-0.25, -0.2) is 0 Å². The van der Waals surface area contributed by atoms with Crippen molar-refractivity contribution in [2.75, 3.05) is 27.4 Å². The van der Waals surface area contributed by atoms with Crippen molar-refractivity contribution in [3.8, 4) is 17.2 Å². The van der Waals surface area contributed by atoms with Crippen LogP contribution in [-0.2, 0) is 14.3 Å². The number of para-hydroxylation sites is 1. The summed E-state index contributed by atoms with van der Waals surface area (Å²) < 4.78 is 16.3. The summed E-state index contributed by atoms with van der Waals surface area (Å²) in [6, 6.07) is 22.3. The van der Waals surface area contributed by atoms with E-state index in [2.05, 4.69) is 0 Å². The zero-order chi connectivity index (χ0) is 24.1. The van der Waals surface area contributed by atoms with Crippen molar-refractivity contribution in [1.29, 1.82) is 0 Å². The van der Waals surface area contributed by atoms with Gasteiger partial charge in [0.2, 0.25) is 0 Å². The average Bonchev–Trinajstić information content (AvgIpc) is 3.12. The van der Waals surface area contributed by atoms with E-state index in [0.29, 0.717) is 28.4 Å². The Morgan fingerprint density at radius 1 is 0.882 bits per heavy atom. The van der Waals surface area contributed by atoms with E-state index in [0.717, 1.165) is 0 Å². The minimum absolute atomic E-state index is 0.0168. The molecule has 0 bridgehead atoms. The molecule has 0 radical (unpaired) electrons. The van der Waals surface area contributed by atoms with Gasteiger partial charge in [0.05, 0.1) is 25.3 Å². The van der Waals surface area contributed by atoms with Crippen molar-refractivity contribution in [3.05, 3.63) is 95.6 Å². The fourth-order valence-electron chi connectivity index (χ4n) is 3.92. The van der Waals surface area contributed by atoms with Crippen molar-refractivity contribution < 1.29 is 28.9 Å². The smallest absolute Gasteiger partial charge is 0.295 e. The third kappa shape index (κ3) is 4.65. The highest BCUT2D eigenvalue weighted by Crippen LogP contribution is 2.40. The summed E-state index contributed by atoms with van der Waals surface area (Å²) in [5.74, 6) is 0.131. The van der Waals surface area contributed by atoms with Gasteiger partial charge in [-0.05, 0) is 54.1 Å². The molecule has 3 aromatic carbocycles. The first-order valence-corrected chi connectivity index (χ1v) is 10.8. The number of aliphatic hydroxyl groups excluding tert-OH is 1. The standard InChI is InChI=1S/C27H25NO6/c1-32-16-15-28-24(19-7-6-10-22(17-19)34-21-8-4-3-5-9-21)23(26(30)27(28)31)25(29)18-11-13-20(33-2)14-12-18/h3-14,17,24,29H,15-16H2,1-2H3/b25-23+/t24-/m0/s1. The van der Waals surface area contributed by atoms with Gasteiger partial charge in [-0.15, -0.1) is 0 Å². The van der Waals surface area contributed by atoms with Crippen LogP contribution in [0.5, 0.6) is 17.2 Å². The average molecular weight is 459 g/mol. The van der Waals surface area contributed by atoms with Crippen LogP contribution < -0.4 is 9.47 Å². The minimum atomic E-state index is -0.795. The van der Waals surface area contributed by atoms with Crippen LogP contribution >= 0.6 is 0 Å². The molecule has 0 unspecified atom stereocenters. The van der Waals surface area contributed by atoms with E-state index in [1.165, 1.54) is 12.0 Å². The lowest BCUT2D eigenvalue weighted by Gasteiger charge is -2.25. The molecule has 0 aromatic heterocycles. The Morgan fingerprint density at radius 3 is 2.26 bits per heavy atom. The van der Waals surface area contributed by atoms with Crippen molar-refractivity contribution in [2.45, 2.75) is 6.04 Å². The van der Waals surface area contributed by atoms with E-state index in [1.807, 2.05) is 30.3 Å². The largest absolute Gasteiger partial charge is 0.507 e. The molecule has 1 heterocycles. The number of aliphatic hydroxyl groups is 1. The molecule has 1 saturated heterocycles. The fraction of sp³-hybridized carbons (Fsp3) is 0.185. The number of nitrogens with zero attached hydrogens (tertiary/aromatic N) is 1. The number of benzene rings is 3. The molecule has 7 heteroatoms. The number of likely N-dealkylation sites (tertiary alicyclic amines) is 1. The molecule has 1 N–H and O–H groups in total. The summed E-state index contributed by atoms with van der Waals surface area (Å²) in [5, 5.41) is 11.1. The molecular formula is C27H25NO6. The Bertz CT molecular complexity index is 1200. The monoisotopic (exact) mass is 459 g/mol.